The lowest BCUT2D eigenvalue weighted by atomic mass is 10.1. The predicted molar refractivity (Wildman–Crippen MR) is 68.1 cm³/mol. The maximum atomic E-state index is 12.8. The molecule has 0 radical (unpaired) electrons. The van der Waals surface area contributed by atoms with Crippen molar-refractivity contribution in [1.29, 1.82) is 0 Å². The second-order valence-electron chi connectivity index (χ2n) is 4.35. The molecule has 1 aliphatic rings. The Morgan fingerprint density at radius 2 is 1.45 bits per heavy atom. The number of rotatable bonds is 3. The second-order valence-corrected chi connectivity index (χ2v) is 4.35. The molecule has 1 aliphatic heterocycles. The molecule has 0 unspecified atom stereocenters. The number of nitrogens with zero attached hydrogens (tertiary/aromatic N) is 1. The van der Waals surface area contributed by atoms with Crippen molar-refractivity contribution in [2.75, 3.05) is 0 Å². The highest BCUT2D eigenvalue weighted by molar-refractivity contribution is 6.20. The number of hydroxylamine groups is 2. The van der Waals surface area contributed by atoms with Crippen molar-refractivity contribution >= 4 is 11.8 Å². The predicted octanol–water partition coefficient (Wildman–Crippen LogP) is 2.55. The Labute approximate surface area is 114 Å². The van der Waals surface area contributed by atoms with Gasteiger partial charge >= 0.3 is 0 Å². The molecule has 0 aromatic heterocycles. The van der Waals surface area contributed by atoms with Gasteiger partial charge < -0.3 is 0 Å². The van der Waals surface area contributed by atoms with Gasteiger partial charge in [-0.1, -0.05) is 24.3 Å². The molecule has 4 nitrogen and oxygen atoms in total. The summed E-state index contributed by atoms with van der Waals surface area (Å²) in [7, 11) is 0. The maximum absolute atomic E-state index is 12.8. The summed E-state index contributed by atoms with van der Waals surface area (Å²) < 4.78 is 12.8. The van der Waals surface area contributed by atoms with Crippen LogP contribution in [0.15, 0.2) is 48.5 Å². The van der Waals surface area contributed by atoms with E-state index < -0.39 is 11.8 Å². The monoisotopic (exact) mass is 271 g/mol. The standard InChI is InChI=1S/C15H10FNO3/c16-11-7-5-10(6-8-11)9-20-17-14(18)12-3-1-2-4-13(12)15(17)19/h1-8H,9H2. The van der Waals surface area contributed by atoms with Crippen LogP contribution in [0.4, 0.5) is 4.39 Å². The van der Waals surface area contributed by atoms with Crippen molar-refractivity contribution in [1.82, 2.24) is 5.06 Å². The number of imide groups is 1. The van der Waals surface area contributed by atoms with Crippen LogP contribution in [0.5, 0.6) is 0 Å². The van der Waals surface area contributed by atoms with Gasteiger partial charge in [-0.15, -0.1) is 5.06 Å². The van der Waals surface area contributed by atoms with Crippen molar-refractivity contribution in [2.45, 2.75) is 6.61 Å². The first-order valence-corrected chi connectivity index (χ1v) is 6.02. The molecule has 5 heteroatoms. The fourth-order valence-corrected chi connectivity index (χ4v) is 2.00. The Balaban J connectivity index is 1.75. The lowest BCUT2D eigenvalue weighted by molar-refractivity contribution is -0.101. The van der Waals surface area contributed by atoms with Gasteiger partial charge in [0, 0.05) is 0 Å². The number of benzene rings is 2. The van der Waals surface area contributed by atoms with Crippen LogP contribution in [-0.2, 0) is 11.4 Å². The Kier molecular flexibility index (Phi) is 3.04. The van der Waals surface area contributed by atoms with Crippen LogP contribution < -0.4 is 0 Å². The van der Waals surface area contributed by atoms with E-state index in [-0.39, 0.29) is 12.4 Å². The van der Waals surface area contributed by atoms with Gasteiger partial charge in [0.15, 0.2) is 0 Å². The molecule has 2 amide bonds. The molecular formula is C15H10FNO3. The fraction of sp³-hybridized carbons (Fsp3) is 0.0667. The summed E-state index contributed by atoms with van der Waals surface area (Å²) in [6.07, 6.45) is 0. The summed E-state index contributed by atoms with van der Waals surface area (Å²) in [5.41, 5.74) is 1.33. The lowest BCUT2D eigenvalue weighted by Crippen LogP contribution is -2.29. The first kappa shape index (κ1) is 12.5. The molecule has 2 aromatic rings. The molecule has 20 heavy (non-hydrogen) atoms. The van der Waals surface area contributed by atoms with Crippen LogP contribution in [0.25, 0.3) is 0 Å². The second kappa shape index (κ2) is 4.86. The van der Waals surface area contributed by atoms with Gasteiger partial charge in [0.1, 0.15) is 12.4 Å². The molecule has 0 N–H and O–H groups in total. The maximum Gasteiger partial charge on any atom is 0.285 e. The molecule has 100 valence electrons. The average Bonchev–Trinajstić information content (AvgIpc) is 2.71. The Morgan fingerprint density at radius 3 is 2.00 bits per heavy atom. The van der Waals surface area contributed by atoms with E-state index in [0.29, 0.717) is 16.7 Å². The zero-order valence-corrected chi connectivity index (χ0v) is 10.4. The Hall–Kier alpha value is -2.53. The number of hydrogen-bond acceptors (Lipinski definition) is 3. The largest absolute Gasteiger partial charge is 0.285 e. The summed E-state index contributed by atoms with van der Waals surface area (Å²) in [6.45, 7) is 0.0196. The number of halogens is 1. The topological polar surface area (TPSA) is 46.6 Å². The number of carbonyl (C=O) groups excluding carboxylic acids is 2. The summed E-state index contributed by atoms with van der Waals surface area (Å²) in [5, 5.41) is 0.744. The third-order valence-electron chi connectivity index (χ3n) is 3.03. The molecule has 0 fully saturated rings. The van der Waals surface area contributed by atoms with Gasteiger partial charge in [-0.3, -0.25) is 14.4 Å². The molecule has 0 saturated carbocycles. The zero-order valence-electron chi connectivity index (χ0n) is 10.4. The Bertz CT molecular complexity index is 647. The molecular weight excluding hydrogens is 261 g/mol. The van der Waals surface area contributed by atoms with E-state index in [9.17, 15) is 14.0 Å². The third-order valence-corrected chi connectivity index (χ3v) is 3.03. The summed E-state index contributed by atoms with van der Waals surface area (Å²) >= 11 is 0. The molecule has 3 rings (SSSR count). The van der Waals surface area contributed by atoms with Crippen LogP contribution >= 0.6 is 0 Å². The van der Waals surface area contributed by atoms with Crippen LogP contribution in [0.2, 0.25) is 0 Å². The highest BCUT2D eigenvalue weighted by Gasteiger charge is 2.36. The first-order chi connectivity index (χ1) is 9.66. The van der Waals surface area contributed by atoms with Crippen molar-refractivity contribution < 1.29 is 18.8 Å². The number of hydrogen-bond donors (Lipinski definition) is 0. The molecule has 0 spiro atoms. The van der Waals surface area contributed by atoms with E-state index in [0.717, 1.165) is 5.06 Å². The summed E-state index contributed by atoms with van der Waals surface area (Å²) in [4.78, 5) is 29.3. The molecule has 0 saturated heterocycles. The van der Waals surface area contributed by atoms with Crippen molar-refractivity contribution in [3.63, 3.8) is 0 Å². The minimum Gasteiger partial charge on any atom is -0.266 e. The fourth-order valence-electron chi connectivity index (χ4n) is 2.00. The number of amides is 2. The van der Waals surface area contributed by atoms with Gasteiger partial charge in [-0.05, 0) is 29.8 Å². The summed E-state index contributed by atoms with van der Waals surface area (Å²) in [6, 6.07) is 12.2. The average molecular weight is 271 g/mol. The lowest BCUT2D eigenvalue weighted by Gasteiger charge is -2.13. The molecule has 0 atom stereocenters. The quantitative estimate of drug-likeness (QED) is 0.806. The van der Waals surface area contributed by atoms with Gasteiger partial charge in [-0.25, -0.2) is 4.39 Å². The normalized spacial score (nSPS) is 13.8. The van der Waals surface area contributed by atoms with Crippen LogP contribution in [0, 0.1) is 5.82 Å². The smallest absolute Gasteiger partial charge is 0.266 e. The van der Waals surface area contributed by atoms with E-state index in [1.807, 2.05) is 0 Å². The number of fused-ring (bicyclic) bond motifs is 1. The highest BCUT2D eigenvalue weighted by Crippen LogP contribution is 2.23. The van der Waals surface area contributed by atoms with Gasteiger partial charge in [0.05, 0.1) is 11.1 Å². The molecule has 1 heterocycles. The molecule has 2 aromatic carbocycles. The number of carbonyl (C=O) groups is 2. The Morgan fingerprint density at radius 1 is 0.900 bits per heavy atom. The first-order valence-electron chi connectivity index (χ1n) is 6.02. The molecule has 0 bridgehead atoms. The van der Waals surface area contributed by atoms with Gasteiger partial charge in [0.25, 0.3) is 11.8 Å². The SMILES string of the molecule is O=C1c2ccccc2C(=O)N1OCc1ccc(F)cc1. The third kappa shape index (κ3) is 2.08. The van der Waals surface area contributed by atoms with Crippen LogP contribution in [0.3, 0.4) is 0 Å². The van der Waals surface area contributed by atoms with Gasteiger partial charge in [0.2, 0.25) is 0 Å². The minimum absolute atomic E-state index is 0.0196. The summed E-state index contributed by atoms with van der Waals surface area (Å²) in [5.74, 6) is -1.31. The van der Waals surface area contributed by atoms with E-state index in [1.165, 1.54) is 24.3 Å². The minimum atomic E-state index is -0.479. The highest BCUT2D eigenvalue weighted by atomic mass is 19.1. The van der Waals surface area contributed by atoms with Crippen molar-refractivity contribution in [3.05, 3.63) is 71.0 Å². The van der Waals surface area contributed by atoms with Crippen LogP contribution in [-0.4, -0.2) is 16.9 Å². The van der Waals surface area contributed by atoms with E-state index in [2.05, 4.69) is 0 Å². The molecule has 0 aliphatic carbocycles. The van der Waals surface area contributed by atoms with Crippen molar-refractivity contribution in [3.8, 4) is 0 Å². The van der Waals surface area contributed by atoms with E-state index in [1.54, 1.807) is 24.3 Å². The van der Waals surface area contributed by atoms with E-state index >= 15 is 0 Å². The van der Waals surface area contributed by atoms with Crippen molar-refractivity contribution in [2.24, 2.45) is 0 Å². The van der Waals surface area contributed by atoms with Crippen LogP contribution in [0.1, 0.15) is 26.3 Å². The van der Waals surface area contributed by atoms with E-state index in [4.69, 9.17) is 4.84 Å². The zero-order chi connectivity index (χ0) is 14.1. The van der Waals surface area contributed by atoms with Gasteiger partial charge in [-0.2, -0.15) is 0 Å².